The maximum atomic E-state index is 12.3. The van der Waals surface area contributed by atoms with Crippen LogP contribution in [-0.4, -0.2) is 30.9 Å². The maximum Gasteiger partial charge on any atom is 0.227 e. The smallest absolute Gasteiger partial charge is 0.227 e. The Morgan fingerprint density at radius 2 is 2.00 bits per heavy atom. The lowest BCUT2D eigenvalue weighted by Gasteiger charge is -2.27. The molecule has 0 spiro atoms. The van der Waals surface area contributed by atoms with E-state index < -0.39 is 0 Å². The number of benzene rings is 1. The SMILES string of the molecule is CN(Cc1cc(Cl)cc(Cl)c1)C(=O)C1CCCNC1.Cl. The molecular formula is C14H19Cl3N2O. The predicted octanol–water partition coefficient (Wildman–Crippen LogP) is 3.37. The van der Waals surface area contributed by atoms with Crippen molar-refractivity contribution in [2.75, 3.05) is 20.1 Å². The van der Waals surface area contributed by atoms with Crippen molar-refractivity contribution in [1.29, 1.82) is 0 Å². The highest BCUT2D eigenvalue weighted by molar-refractivity contribution is 6.34. The second kappa shape index (κ2) is 8.08. The fourth-order valence-corrected chi connectivity index (χ4v) is 3.00. The molecule has 2 rings (SSSR count). The minimum atomic E-state index is 0. The van der Waals surface area contributed by atoms with Gasteiger partial charge in [0.25, 0.3) is 0 Å². The molecule has 0 radical (unpaired) electrons. The number of nitrogens with one attached hydrogen (secondary N) is 1. The summed E-state index contributed by atoms with van der Waals surface area (Å²) in [7, 11) is 1.83. The molecule has 112 valence electrons. The summed E-state index contributed by atoms with van der Waals surface area (Å²) in [5, 5.41) is 4.46. The Kier molecular flexibility index (Phi) is 7.10. The van der Waals surface area contributed by atoms with Crippen molar-refractivity contribution in [3.05, 3.63) is 33.8 Å². The first-order chi connectivity index (χ1) is 9.06. The number of hydrogen-bond acceptors (Lipinski definition) is 2. The van der Waals surface area contributed by atoms with E-state index >= 15 is 0 Å². The molecule has 1 atom stereocenters. The molecule has 1 fully saturated rings. The average molecular weight is 338 g/mol. The van der Waals surface area contributed by atoms with Gasteiger partial charge < -0.3 is 10.2 Å². The normalized spacial score (nSPS) is 18.2. The quantitative estimate of drug-likeness (QED) is 0.917. The monoisotopic (exact) mass is 336 g/mol. The number of rotatable bonds is 3. The summed E-state index contributed by atoms with van der Waals surface area (Å²) in [5.74, 6) is 0.275. The van der Waals surface area contributed by atoms with Gasteiger partial charge in [0.05, 0.1) is 5.92 Å². The van der Waals surface area contributed by atoms with Crippen molar-refractivity contribution in [3.63, 3.8) is 0 Å². The molecule has 0 aromatic heterocycles. The van der Waals surface area contributed by atoms with Crippen LogP contribution in [-0.2, 0) is 11.3 Å². The topological polar surface area (TPSA) is 32.3 Å². The Morgan fingerprint density at radius 3 is 2.55 bits per heavy atom. The van der Waals surface area contributed by atoms with Crippen LogP contribution < -0.4 is 5.32 Å². The van der Waals surface area contributed by atoms with Gasteiger partial charge in [0.15, 0.2) is 0 Å². The van der Waals surface area contributed by atoms with Gasteiger partial charge in [-0.05, 0) is 43.1 Å². The zero-order valence-corrected chi connectivity index (χ0v) is 13.7. The van der Waals surface area contributed by atoms with Crippen LogP contribution in [0.4, 0.5) is 0 Å². The fourth-order valence-electron chi connectivity index (χ4n) is 2.43. The lowest BCUT2D eigenvalue weighted by Crippen LogP contribution is -2.41. The van der Waals surface area contributed by atoms with Crippen LogP contribution in [0.1, 0.15) is 18.4 Å². The molecule has 1 heterocycles. The number of amides is 1. The van der Waals surface area contributed by atoms with Gasteiger partial charge in [0, 0.05) is 30.2 Å². The summed E-state index contributed by atoms with van der Waals surface area (Å²) in [6.07, 6.45) is 2.03. The summed E-state index contributed by atoms with van der Waals surface area (Å²) in [5.41, 5.74) is 0.956. The standard InChI is InChI=1S/C14H18Cl2N2O.ClH/c1-18(14(19)11-3-2-4-17-8-11)9-10-5-12(15)7-13(16)6-10;/h5-7,11,17H,2-4,8-9H2,1H3;1H. The molecule has 1 amide bonds. The van der Waals surface area contributed by atoms with Crippen LogP contribution in [0.15, 0.2) is 18.2 Å². The number of piperidine rings is 1. The van der Waals surface area contributed by atoms with Gasteiger partial charge in [-0.15, -0.1) is 12.4 Å². The summed E-state index contributed by atoms with van der Waals surface area (Å²) in [6.45, 7) is 2.33. The predicted molar refractivity (Wildman–Crippen MR) is 85.8 cm³/mol. The van der Waals surface area contributed by atoms with Crippen LogP contribution in [0.3, 0.4) is 0 Å². The molecule has 3 nitrogen and oxygen atoms in total. The van der Waals surface area contributed by atoms with Crippen LogP contribution >= 0.6 is 35.6 Å². The molecule has 20 heavy (non-hydrogen) atoms. The van der Waals surface area contributed by atoms with Gasteiger partial charge in [0.2, 0.25) is 5.91 Å². The highest BCUT2D eigenvalue weighted by Gasteiger charge is 2.23. The van der Waals surface area contributed by atoms with Crippen molar-refractivity contribution in [2.24, 2.45) is 5.92 Å². The Bertz CT molecular complexity index is 441. The van der Waals surface area contributed by atoms with Gasteiger partial charge in [-0.2, -0.15) is 0 Å². The third-order valence-corrected chi connectivity index (χ3v) is 3.80. The van der Waals surface area contributed by atoms with Crippen LogP contribution in [0.5, 0.6) is 0 Å². The Balaban J connectivity index is 0.00000200. The molecule has 0 aliphatic carbocycles. The molecule has 1 aromatic carbocycles. The number of hydrogen-bond donors (Lipinski definition) is 1. The van der Waals surface area contributed by atoms with E-state index in [1.54, 1.807) is 11.0 Å². The molecule has 6 heteroatoms. The van der Waals surface area contributed by atoms with E-state index in [-0.39, 0.29) is 24.2 Å². The highest BCUT2D eigenvalue weighted by atomic mass is 35.5. The van der Waals surface area contributed by atoms with Crippen molar-refractivity contribution in [2.45, 2.75) is 19.4 Å². The second-order valence-corrected chi connectivity index (χ2v) is 5.89. The largest absolute Gasteiger partial charge is 0.341 e. The summed E-state index contributed by atoms with van der Waals surface area (Å²) >= 11 is 11.9. The van der Waals surface area contributed by atoms with E-state index in [9.17, 15) is 4.79 Å². The van der Waals surface area contributed by atoms with Crippen molar-refractivity contribution in [3.8, 4) is 0 Å². The molecule has 1 aromatic rings. The van der Waals surface area contributed by atoms with Crippen LogP contribution in [0.25, 0.3) is 0 Å². The van der Waals surface area contributed by atoms with E-state index in [4.69, 9.17) is 23.2 Å². The van der Waals surface area contributed by atoms with Gasteiger partial charge in [-0.25, -0.2) is 0 Å². The van der Waals surface area contributed by atoms with E-state index in [1.165, 1.54) is 0 Å². The van der Waals surface area contributed by atoms with Gasteiger partial charge in [0.1, 0.15) is 0 Å². The number of nitrogens with zero attached hydrogens (tertiary/aromatic N) is 1. The number of carbonyl (C=O) groups excluding carboxylic acids is 1. The van der Waals surface area contributed by atoms with E-state index in [0.29, 0.717) is 16.6 Å². The van der Waals surface area contributed by atoms with E-state index in [2.05, 4.69) is 5.32 Å². The summed E-state index contributed by atoms with van der Waals surface area (Å²) in [4.78, 5) is 14.0. The summed E-state index contributed by atoms with van der Waals surface area (Å²) in [6, 6.07) is 5.38. The first kappa shape index (κ1) is 17.6. The average Bonchev–Trinajstić information content (AvgIpc) is 2.37. The minimum Gasteiger partial charge on any atom is -0.341 e. The van der Waals surface area contributed by atoms with Gasteiger partial charge >= 0.3 is 0 Å². The van der Waals surface area contributed by atoms with Crippen molar-refractivity contribution < 1.29 is 4.79 Å². The molecule has 0 saturated carbocycles. The second-order valence-electron chi connectivity index (χ2n) is 5.02. The third-order valence-electron chi connectivity index (χ3n) is 3.36. The van der Waals surface area contributed by atoms with Crippen LogP contribution in [0, 0.1) is 5.92 Å². The first-order valence-corrected chi connectivity index (χ1v) is 7.22. The van der Waals surface area contributed by atoms with E-state index in [1.807, 2.05) is 19.2 Å². The minimum absolute atomic E-state index is 0. The third kappa shape index (κ3) is 4.81. The van der Waals surface area contributed by atoms with Gasteiger partial charge in [-0.1, -0.05) is 23.2 Å². The Hall–Kier alpha value is -0.480. The molecule has 1 saturated heterocycles. The molecule has 1 aliphatic heterocycles. The highest BCUT2D eigenvalue weighted by Crippen LogP contribution is 2.21. The zero-order chi connectivity index (χ0) is 13.8. The first-order valence-electron chi connectivity index (χ1n) is 6.47. The number of carbonyl (C=O) groups is 1. The molecule has 1 unspecified atom stereocenters. The molecule has 1 aliphatic rings. The molecule has 0 bridgehead atoms. The van der Waals surface area contributed by atoms with Crippen molar-refractivity contribution >= 4 is 41.5 Å². The lowest BCUT2D eigenvalue weighted by molar-refractivity contribution is -0.135. The Morgan fingerprint density at radius 1 is 1.35 bits per heavy atom. The summed E-state index contributed by atoms with van der Waals surface area (Å²) < 4.78 is 0. The molecular weight excluding hydrogens is 319 g/mol. The zero-order valence-electron chi connectivity index (χ0n) is 11.4. The fraction of sp³-hybridized carbons (Fsp3) is 0.500. The Labute approximate surface area is 136 Å². The maximum absolute atomic E-state index is 12.3. The van der Waals surface area contributed by atoms with Crippen molar-refractivity contribution in [1.82, 2.24) is 10.2 Å². The van der Waals surface area contributed by atoms with Crippen LogP contribution in [0.2, 0.25) is 10.0 Å². The molecule has 1 N–H and O–H groups in total. The lowest BCUT2D eigenvalue weighted by atomic mass is 9.98. The van der Waals surface area contributed by atoms with E-state index in [0.717, 1.165) is 31.5 Å². The van der Waals surface area contributed by atoms with Gasteiger partial charge in [-0.3, -0.25) is 4.79 Å². The number of halogens is 3.